The van der Waals surface area contributed by atoms with E-state index < -0.39 is 21.4 Å². The van der Waals surface area contributed by atoms with Crippen LogP contribution in [0.1, 0.15) is 37.7 Å². The van der Waals surface area contributed by atoms with Gasteiger partial charge in [-0.05, 0) is 37.5 Å². The van der Waals surface area contributed by atoms with Gasteiger partial charge in [0.15, 0.2) is 0 Å². The molecule has 2 rings (SSSR count). The van der Waals surface area contributed by atoms with Gasteiger partial charge in [-0.25, -0.2) is 17.5 Å². The monoisotopic (exact) mass is 316 g/mol. The predicted molar refractivity (Wildman–Crippen MR) is 78.8 cm³/mol. The molecule has 0 spiro atoms. The lowest BCUT2D eigenvalue weighted by Crippen LogP contribution is -2.44. The molecule has 7 heteroatoms. The van der Waals surface area contributed by atoms with E-state index in [9.17, 15) is 17.9 Å². The SMILES string of the molecule is Cc1cc(S(=O)(=O)NCC2(O)CCCCC2)cc(N)c1F. The highest BCUT2D eigenvalue weighted by Gasteiger charge is 2.31. The van der Waals surface area contributed by atoms with Gasteiger partial charge in [0.05, 0.1) is 16.2 Å². The summed E-state index contributed by atoms with van der Waals surface area (Å²) in [6.07, 6.45) is 4.00. The van der Waals surface area contributed by atoms with Gasteiger partial charge in [-0.3, -0.25) is 0 Å². The number of aryl methyl sites for hydroxylation is 1. The van der Waals surface area contributed by atoms with Crippen LogP contribution in [0.25, 0.3) is 0 Å². The van der Waals surface area contributed by atoms with Crippen LogP contribution in [-0.4, -0.2) is 25.7 Å². The van der Waals surface area contributed by atoms with E-state index in [1.54, 1.807) is 0 Å². The average molecular weight is 316 g/mol. The Labute approximate surface area is 124 Å². The van der Waals surface area contributed by atoms with Crippen molar-refractivity contribution in [1.29, 1.82) is 0 Å². The molecule has 1 aromatic rings. The van der Waals surface area contributed by atoms with Crippen LogP contribution in [0.4, 0.5) is 10.1 Å². The first kappa shape index (κ1) is 16.2. The number of hydrogen-bond donors (Lipinski definition) is 3. The van der Waals surface area contributed by atoms with Crippen LogP contribution in [0.2, 0.25) is 0 Å². The summed E-state index contributed by atoms with van der Waals surface area (Å²) < 4.78 is 40.3. The van der Waals surface area contributed by atoms with Crippen LogP contribution in [-0.2, 0) is 10.0 Å². The summed E-state index contributed by atoms with van der Waals surface area (Å²) in [7, 11) is -3.82. The zero-order chi connectivity index (χ0) is 15.7. The Morgan fingerprint density at radius 2 is 1.95 bits per heavy atom. The zero-order valence-electron chi connectivity index (χ0n) is 12.0. The van der Waals surface area contributed by atoms with E-state index in [1.165, 1.54) is 13.0 Å². The number of rotatable bonds is 4. The van der Waals surface area contributed by atoms with Crippen molar-refractivity contribution < 1.29 is 17.9 Å². The van der Waals surface area contributed by atoms with Crippen molar-refractivity contribution in [2.24, 2.45) is 0 Å². The lowest BCUT2D eigenvalue weighted by Gasteiger charge is -2.32. The first-order chi connectivity index (χ1) is 9.73. The minimum atomic E-state index is -3.82. The molecule has 1 aromatic carbocycles. The second kappa shape index (κ2) is 5.90. The molecule has 21 heavy (non-hydrogen) atoms. The second-order valence-corrected chi connectivity index (χ2v) is 7.52. The summed E-state index contributed by atoms with van der Waals surface area (Å²) in [5, 5.41) is 10.3. The van der Waals surface area contributed by atoms with Crippen LogP contribution < -0.4 is 10.5 Å². The summed E-state index contributed by atoms with van der Waals surface area (Å²) >= 11 is 0. The molecule has 1 aliphatic carbocycles. The fraction of sp³-hybridized carbons (Fsp3) is 0.571. The quantitative estimate of drug-likeness (QED) is 0.737. The molecule has 1 fully saturated rings. The third-order valence-electron chi connectivity index (χ3n) is 3.94. The van der Waals surface area contributed by atoms with Crippen molar-refractivity contribution in [3.8, 4) is 0 Å². The van der Waals surface area contributed by atoms with Crippen molar-refractivity contribution in [2.45, 2.75) is 49.5 Å². The summed E-state index contributed by atoms with van der Waals surface area (Å²) in [4.78, 5) is -0.0849. The number of nitrogens with two attached hydrogens (primary N) is 1. The Balaban J connectivity index is 2.15. The zero-order valence-corrected chi connectivity index (χ0v) is 12.8. The van der Waals surface area contributed by atoms with Gasteiger partial charge in [0.1, 0.15) is 5.82 Å². The predicted octanol–water partition coefficient (Wildman–Crippen LogP) is 1.69. The molecule has 0 radical (unpaired) electrons. The molecule has 0 unspecified atom stereocenters. The fourth-order valence-electron chi connectivity index (χ4n) is 2.62. The molecule has 0 atom stereocenters. The topological polar surface area (TPSA) is 92.4 Å². The molecular formula is C14H21FN2O3S. The highest BCUT2D eigenvalue weighted by molar-refractivity contribution is 7.89. The Hall–Kier alpha value is -1.18. The van der Waals surface area contributed by atoms with Crippen molar-refractivity contribution in [1.82, 2.24) is 4.72 Å². The molecule has 118 valence electrons. The molecular weight excluding hydrogens is 295 g/mol. The van der Waals surface area contributed by atoms with Crippen molar-refractivity contribution in [2.75, 3.05) is 12.3 Å². The van der Waals surface area contributed by atoms with E-state index in [1.807, 2.05) is 0 Å². The van der Waals surface area contributed by atoms with Gasteiger partial charge < -0.3 is 10.8 Å². The van der Waals surface area contributed by atoms with Gasteiger partial charge in [0, 0.05) is 6.54 Å². The highest BCUT2D eigenvalue weighted by atomic mass is 32.2. The third kappa shape index (κ3) is 3.72. The minimum Gasteiger partial charge on any atom is -0.396 e. The third-order valence-corrected chi connectivity index (χ3v) is 5.32. The highest BCUT2D eigenvalue weighted by Crippen LogP contribution is 2.28. The number of aliphatic hydroxyl groups is 1. The van der Waals surface area contributed by atoms with Crippen molar-refractivity contribution in [3.05, 3.63) is 23.5 Å². The molecule has 0 bridgehead atoms. The lowest BCUT2D eigenvalue weighted by atomic mass is 9.85. The van der Waals surface area contributed by atoms with Gasteiger partial charge in [0.2, 0.25) is 10.0 Å². The number of hydrogen-bond acceptors (Lipinski definition) is 4. The summed E-state index contributed by atoms with van der Waals surface area (Å²) in [5.74, 6) is -0.611. The summed E-state index contributed by atoms with van der Waals surface area (Å²) in [5.41, 5.74) is 4.44. The van der Waals surface area contributed by atoms with Gasteiger partial charge in [-0.1, -0.05) is 19.3 Å². The van der Waals surface area contributed by atoms with Gasteiger partial charge in [0.25, 0.3) is 0 Å². The van der Waals surface area contributed by atoms with Crippen LogP contribution in [0.15, 0.2) is 17.0 Å². The van der Waals surface area contributed by atoms with E-state index in [4.69, 9.17) is 5.73 Å². The first-order valence-electron chi connectivity index (χ1n) is 7.01. The standard InChI is InChI=1S/C14H21FN2O3S/c1-10-7-11(8-12(16)13(10)15)21(19,20)17-9-14(18)5-3-2-4-6-14/h7-8,17-18H,2-6,9,16H2,1H3. The maximum atomic E-state index is 13.5. The van der Waals surface area contributed by atoms with E-state index in [0.29, 0.717) is 12.8 Å². The van der Waals surface area contributed by atoms with Crippen LogP contribution in [0.3, 0.4) is 0 Å². The Bertz CT molecular complexity index is 602. The van der Waals surface area contributed by atoms with E-state index in [0.717, 1.165) is 25.3 Å². The summed E-state index contributed by atoms with van der Waals surface area (Å²) in [6.45, 7) is 1.42. The lowest BCUT2D eigenvalue weighted by molar-refractivity contribution is 0.00945. The molecule has 5 nitrogen and oxygen atoms in total. The molecule has 0 aliphatic heterocycles. The second-order valence-electron chi connectivity index (χ2n) is 5.75. The smallest absolute Gasteiger partial charge is 0.240 e. The molecule has 1 aliphatic rings. The van der Waals surface area contributed by atoms with Crippen molar-refractivity contribution >= 4 is 15.7 Å². The van der Waals surface area contributed by atoms with Gasteiger partial charge in [-0.2, -0.15) is 0 Å². The number of sulfonamides is 1. The van der Waals surface area contributed by atoms with E-state index in [2.05, 4.69) is 4.72 Å². The van der Waals surface area contributed by atoms with Crippen molar-refractivity contribution in [3.63, 3.8) is 0 Å². The van der Waals surface area contributed by atoms with E-state index >= 15 is 0 Å². The number of nitrogens with one attached hydrogen (secondary N) is 1. The Morgan fingerprint density at radius 1 is 1.33 bits per heavy atom. The van der Waals surface area contributed by atoms with Crippen LogP contribution in [0.5, 0.6) is 0 Å². The maximum absolute atomic E-state index is 13.5. The average Bonchev–Trinajstić information content (AvgIpc) is 2.43. The molecule has 4 N–H and O–H groups in total. The normalized spacial score (nSPS) is 18.6. The number of nitrogen functional groups attached to an aromatic ring is 1. The van der Waals surface area contributed by atoms with Crippen LogP contribution >= 0.6 is 0 Å². The summed E-state index contributed by atoms with van der Waals surface area (Å²) in [6, 6.07) is 2.33. The number of halogens is 1. The number of anilines is 1. The van der Waals surface area contributed by atoms with Crippen LogP contribution in [0, 0.1) is 12.7 Å². The molecule has 0 heterocycles. The fourth-order valence-corrected chi connectivity index (χ4v) is 3.86. The number of benzene rings is 1. The largest absolute Gasteiger partial charge is 0.396 e. The van der Waals surface area contributed by atoms with E-state index in [-0.39, 0.29) is 22.7 Å². The molecule has 0 amide bonds. The molecule has 0 aromatic heterocycles. The molecule has 0 saturated heterocycles. The Morgan fingerprint density at radius 3 is 2.52 bits per heavy atom. The van der Waals surface area contributed by atoms with Gasteiger partial charge in [-0.15, -0.1) is 0 Å². The van der Waals surface area contributed by atoms with Gasteiger partial charge >= 0.3 is 0 Å². The maximum Gasteiger partial charge on any atom is 0.240 e. The molecule has 1 saturated carbocycles. The Kier molecular flexibility index (Phi) is 4.55. The first-order valence-corrected chi connectivity index (χ1v) is 8.49. The minimum absolute atomic E-state index is 0.0360.